The fourth-order valence-corrected chi connectivity index (χ4v) is 18.5. The Kier molecular flexibility index (Phi) is 18.9. The quantitative estimate of drug-likeness (QED) is 0.214. The Morgan fingerprint density at radius 3 is 1.25 bits per heavy atom. The van der Waals surface area contributed by atoms with Gasteiger partial charge in [-0.1, -0.05) is 157 Å². The molecule has 5 heteroatoms. The van der Waals surface area contributed by atoms with Crippen LogP contribution in [0.1, 0.15) is 236 Å². The van der Waals surface area contributed by atoms with E-state index in [0.29, 0.717) is 21.7 Å². The van der Waals surface area contributed by atoms with E-state index < -0.39 is 0 Å². The fourth-order valence-electron chi connectivity index (χ4n) is 18.5. The number of hydrogen-bond acceptors (Lipinski definition) is 2. The first-order chi connectivity index (χ1) is 30.3. The van der Waals surface area contributed by atoms with E-state index in [0.717, 1.165) is 110 Å². The Hall–Kier alpha value is 0.00831. The van der Waals surface area contributed by atoms with Crippen LogP contribution in [0, 0.1) is 92.7 Å². The van der Waals surface area contributed by atoms with E-state index in [4.69, 9.17) is 11.5 Å². The Morgan fingerprint density at radius 2 is 0.892 bits per heavy atom. The summed E-state index contributed by atoms with van der Waals surface area (Å²) in [5, 5.41) is 20.4. The normalized spacial score (nSPS) is 45.0. The van der Waals surface area contributed by atoms with Crippen LogP contribution in [0.3, 0.4) is 0 Å². The maximum Gasteiger partial charge on any atom is 2.00 e. The summed E-state index contributed by atoms with van der Waals surface area (Å²) in [5.74, 6) is 10.9. The number of rotatable bonds is 10. The molecule has 0 saturated heterocycles. The van der Waals surface area contributed by atoms with E-state index >= 15 is 0 Å². The molecule has 0 aromatic heterocycles. The van der Waals surface area contributed by atoms with Gasteiger partial charge in [-0.2, -0.15) is 12.1 Å². The number of nitrogens with one attached hydrogen (secondary N) is 2. The predicted octanol–water partition coefficient (Wildman–Crippen LogP) is 17.2. The molecule has 0 aromatic carbocycles. The smallest absolute Gasteiger partial charge is 0.676 e. The minimum atomic E-state index is -0.0799. The van der Waals surface area contributed by atoms with Crippen molar-refractivity contribution >= 4 is 0 Å². The largest absolute Gasteiger partial charge is 2.00 e. The van der Waals surface area contributed by atoms with Crippen LogP contribution in [0.4, 0.5) is 0 Å². The van der Waals surface area contributed by atoms with Gasteiger partial charge in [-0.25, -0.2) is 0 Å². The average molecular weight is 1080 g/mol. The molecular weight excluding hydrogens is 976 g/mol. The maximum absolute atomic E-state index is 10.2. The van der Waals surface area contributed by atoms with Crippen molar-refractivity contribution in [3.63, 3.8) is 0 Å². The summed E-state index contributed by atoms with van der Waals surface area (Å²) in [5.41, 5.74) is 19.8. The number of aliphatic hydroxyl groups excluding tert-OH is 2. The van der Waals surface area contributed by atoms with Crippen molar-refractivity contribution in [1.82, 2.24) is 0 Å². The molecule has 7 fully saturated rings. The molecule has 9 unspecified atom stereocenters. The van der Waals surface area contributed by atoms with Crippen LogP contribution < -0.4 is 0 Å². The number of allylic oxidation sites excluding steroid dienone is 2. The molecule has 4 nitrogen and oxygen atoms in total. The third-order valence-corrected chi connectivity index (χ3v) is 22.3. The first-order valence-corrected chi connectivity index (χ1v) is 28.5. The van der Waals surface area contributed by atoms with Crippen molar-refractivity contribution in [2.75, 3.05) is 0 Å². The van der Waals surface area contributed by atoms with Gasteiger partial charge in [0.05, 0.1) is 12.2 Å². The molecule has 0 spiro atoms. The van der Waals surface area contributed by atoms with Gasteiger partial charge in [0.1, 0.15) is 0 Å². The van der Waals surface area contributed by atoms with Gasteiger partial charge in [-0.3, -0.25) is 0 Å². The summed E-state index contributed by atoms with van der Waals surface area (Å²) >= 11 is 0. The summed E-state index contributed by atoms with van der Waals surface area (Å²) in [7, 11) is 0. The molecule has 4 N–H and O–H groups in total. The topological polar surface area (TPSA) is 88.1 Å². The Morgan fingerprint density at radius 1 is 0.508 bits per heavy atom. The van der Waals surface area contributed by atoms with Crippen LogP contribution in [-0.2, 0) is 21.1 Å². The van der Waals surface area contributed by atoms with Crippen molar-refractivity contribution in [2.24, 2.45) is 92.7 Å². The molecule has 376 valence electrons. The third kappa shape index (κ3) is 11.4. The monoisotopic (exact) mass is 1080 g/mol. The third-order valence-electron chi connectivity index (χ3n) is 22.3. The minimum absolute atomic E-state index is 0. The van der Waals surface area contributed by atoms with Gasteiger partial charge in [0.25, 0.3) is 0 Å². The first kappa shape index (κ1) is 54.3. The van der Waals surface area contributed by atoms with E-state index in [1.54, 1.807) is 11.1 Å². The zero-order valence-corrected chi connectivity index (χ0v) is 46.3. The van der Waals surface area contributed by atoms with Gasteiger partial charge in [0, 0.05) is 0 Å². The summed E-state index contributed by atoms with van der Waals surface area (Å²) in [6.07, 6.45) is 38.6. The summed E-state index contributed by atoms with van der Waals surface area (Å²) < 4.78 is 0. The molecule has 9 rings (SSSR count). The van der Waals surface area contributed by atoms with Crippen molar-refractivity contribution in [1.29, 1.82) is 0 Å². The first-order valence-electron chi connectivity index (χ1n) is 28.5. The SMILES string of the molecule is CC(C)CCC[C@@H](C)[C@H]1CCC2C3CC=C4CC(O)CC[C@]4(C)C3CC[C@@]21C.CC(C)CCC[C@@H](C)[C@H]1CCC2C3CC=C4C[C@@H](O)CC[C@]4(C)C3CC[C@@]21C.[NH-]C1CCCCC1[NH-].[Pt+2]. The van der Waals surface area contributed by atoms with Crippen molar-refractivity contribution < 1.29 is 31.3 Å². The second kappa shape index (κ2) is 22.6. The molecule has 18 atom stereocenters. The van der Waals surface area contributed by atoms with Gasteiger partial charge in [0.15, 0.2) is 0 Å². The molecule has 9 aliphatic rings. The van der Waals surface area contributed by atoms with Crippen molar-refractivity contribution in [3.05, 3.63) is 34.8 Å². The molecule has 65 heavy (non-hydrogen) atoms. The number of hydrogen-bond donors (Lipinski definition) is 2. The molecule has 0 heterocycles. The molecule has 7 saturated carbocycles. The molecule has 0 bridgehead atoms. The van der Waals surface area contributed by atoms with Crippen LogP contribution in [0.15, 0.2) is 23.3 Å². The zero-order valence-electron chi connectivity index (χ0n) is 44.0. The molecule has 0 aliphatic heterocycles. The predicted molar refractivity (Wildman–Crippen MR) is 273 cm³/mol. The van der Waals surface area contributed by atoms with Gasteiger partial charge in [-0.05, 0) is 195 Å². The molecule has 0 radical (unpaired) electrons. The maximum atomic E-state index is 10.2. The Balaban J connectivity index is 0.000000182. The van der Waals surface area contributed by atoms with E-state index in [-0.39, 0.29) is 45.4 Å². The van der Waals surface area contributed by atoms with E-state index in [2.05, 4.69) is 81.4 Å². The van der Waals surface area contributed by atoms with Crippen molar-refractivity contribution in [2.45, 2.75) is 260 Å². The number of aliphatic hydroxyl groups is 2. The molecule has 0 aromatic rings. The molecule has 0 amide bonds. The summed E-state index contributed by atoms with van der Waals surface area (Å²) in [4.78, 5) is 0. The van der Waals surface area contributed by atoms with Gasteiger partial charge < -0.3 is 21.7 Å². The molecule has 9 aliphatic carbocycles. The summed E-state index contributed by atoms with van der Waals surface area (Å²) in [6, 6.07) is -0.160. The second-order valence-electron chi connectivity index (χ2n) is 26.9. The van der Waals surface area contributed by atoms with E-state index in [1.807, 2.05) is 0 Å². The molecular formula is C60H104N2O2Pt. The van der Waals surface area contributed by atoms with Crippen LogP contribution in [0.5, 0.6) is 0 Å². The van der Waals surface area contributed by atoms with E-state index in [1.165, 1.54) is 128 Å². The van der Waals surface area contributed by atoms with Crippen LogP contribution in [0.25, 0.3) is 11.5 Å². The Bertz CT molecular complexity index is 1460. The second-order valence-corrected chi connectivity index (χ2v) is 26.9. The van der Waals surface area contributed by atoms with Crippen LogP contribution in [-0.4, -0.2) is 34.5 Å². The average Bonchev–Trinajstić information content (AvgIpc) is 3.79. The summed E-state index contributed by atoms with van der Waals surface area (Å²) in [6.45, 7) is 25.1. The standard InChI is InChI=1S/2C27H46O.C6H12N2.Pt/c2*1-18(2)7-6-8-19(3)23-11-12-24-22-10-9-20-17-21(28)13-15-26(20,4)25(22)14-16-27(23,24)5;7-5-3-1-2-4-6(5)8;/h2*9,18-19,21-25,28H,6-8,10-17H2,1-5H3;5-8H,1-4H2;/q;;-2;+2/t19-,21?,22?,23-,24?,25?,26+,27-;19-,21+,22?,23-,24?,25?,26+,27-;;/m11../s1. The van der Waals surface area contributed by atoms with E-state index in [9.17, 15) is 10.2 Å². The van der Waals surface area contributed by atoms with Crippen molar-refractivity contribution in [3.8, 4) is 0 Å². The fraction of sp³-hybridized carbons (Fsp3) is 0.933. The van der Waals surface area contributed by atoms with Gasteiger partial charge >= 0.3 is 21.1 Å². The minimum Gasteiger partial charge on any atom is -0.676 e. The Labute approximate surface area is 417 Å². The zero-order chi connectivity index (χ0) is 46.2. The van der Waals surface area contributed by atoms with Gasteiger partial charge in [-0.15, -0.1) is 0 Å². The number of fused-ring (bicyclic) bond motifs is 10. The van der Waals surface area contributed by atoms with Gasteiger partial charge in [0.2, 0.25) is 0 Å². The van der Waals surface area contributed by atoms with Crippen LogP contribution >= 0.6 is 0 Å². The van der Waals surface area contributed by atoms with Crippen LogP contribution in [0.2, 0.25) is 0 Å².